The van der Waals surface area contributed by atoms with Gasteiger partial charge in [0.15, 0.2) is 5.11 Å². The van der Waals surface area contributed by atoms with Crippen molar-refractivity contribution >= 4 is 28.7 Å². The van der Waals surface area contributed by atoms with Gasteiger partial charge in [-0.3, -0.25) is 0 Å². The summed E-state index contributed by atoms with van der Waals surface area (Å²) in [7, 11) is 0. The highest BCUT2D eigenvalue weighted by Crippen LogP contribution is 2.23. The van der Waals surface area contributed by atoms with Gasteiger partial charge in [0.2, 0.25) is 0 Å². The normalized spacial score (nSPS) is 17.0. The van der Waals surface area contributed by atoms with Crippen LogP contribution in [0.4, 0.5) is 11.4 Å². The number of nitrogens with one attached hydrogen (secondary N) is 2. The third kappa shape index (κ3) is 4.98. The molecular weight excluding hydrogens is 338 g/mol. The molecule has 0 spiro atoms. The van der Waals surface area contributed by atoms with Crippen molar-refractivity contribution in [2.45, 2.75) is 40.2 Å². The van der Waals surface area contributed by atoms with Crippen LogP contribution in [0.25, 0.3) is 0 Å². The van der Waals surface area contributed by atoms with Crippen molar-refractivity contribution in [3.8, 4) is 0 Å². The molecule has 138 valence electrons. The number of benzene rings is 2. The molecular formula is C22H29N3S. The smallest absolute Gasteiger partial charge is 0.171 e. The first kappa shape index (κ1) is 18.7. The van der Waals surface area contributed by atoms with E-state index in [0.29, 0.717) is 5.11 Å². The number of hydrogen-bond donors (Lipinski definition) is 2. The Bertz CT molecular complexity index is 754. The molecule has 3 nitrogen and oxygen atoms in total. The van der Waals surface area contributed by atoms with Gasteiger partial charge in [0.1, 0.15) is 0 Å². The minimum atomic E-state index is 0.658. The molecule has 26 heavy (non-hydrogen) atoms. The maximum atomic E-state index is 5.44. The van der Waals surface area contributed by atoms with Crippen molar-refractivity contribution in [2.75, 3.05) is 23.3 Å². The Kier molecular flexibility index (Phi) is 6.15. The molecule has 1 fully saturated rings. The fourth-order valence-electron chi connectivity index (χ4n) is 3.55. The van der Waals surface area contributed by atoms with Crippen LogP contribution in [0.5, 0.6) is 0 Å². The van der Waals surface area contributed by atoms with Crippen LogP contribution >= 0.6 is 12.2 Å². The summed E-state index contributed by atoms with van der Waals surface area (Å²) in [5.74, 6) is 0.791. The van der Waals surface area contributed by atoms with Crippen LogP contribution in [-0.2, 0) is 6.54 Å². The SMILES string of the molecule is Cc1ccc(NC(=S)NCc2ccc(N3CCC[C@@H](C)C3)cc2)c(C)c1. The minimum Gasteiger partial charge on any atom is -0.371 e. The lowest BCUT2D eigenvalue weighted by Gasteiger charge is -2.32. The molecule has 0 aromatic heterocycles. The van der Waals surface area contributed by atoms with Gasteiger partial charge in [0, 0.05) is 31.0 Å². The summed E-state index contributed by atoms with van der Waals surface area (Å²) in [6, 6.07) is 15.2. The summed E-state index contributed by atoms with van der Waals surface area (Å²) in [5, 5.41) is 7.25. The molecule has 1 aliphatic rings. The van der Waals surface area contributed by atoms with E-state index in [1.165, 1.54) is 48.3 Å². The molecule has 1 heterocycles. The van der Waals surface area contributed by atoms with E-state index in [2.05, 4.69) is 78.8 Å². The topological polar surface area (TPSA) is 27.3 Å². The molecule has 0 aliphatic carbocycles. The number of piperidine rings is 1. The second kappa shape index (κ2) is 8.54. The summed E-state index contributed by atoms with van der Waals surface area (Å²) in [6.07, 6.45) is 2.65. The molecule has 1 atom stereocenters. The van der Waals surface area contributed by atoms with Crippen molar-refractivity contribution in [1.29, 1.82) is 0 Å². The summed E-state index contributed by atoms with van der Waals surface area (Å²) in [5.41, 5.74) is 6.09. The van der Waals surface area contributed by atoms with Crippen molar-refractivity contribution in [3.63, 3.8) is 0 Å². The number of anilines is 2. The Morgan fingerprint density at radius 1 is 1.15 bits per heavy atom. The highest BCUT2D eigenvalue weighted by atomic mass is 32.1. The highest BCUT2D eigenvalue weighted by Gasteiger charge is 2.16. The first-order valence-electron chi connectivity index (χ1n) is 9.47. The molecule has 2 aromatic rings. The standard InChI is InChI=1S/C22H29N3S/c1-16-6-11-21(18(3)13-16)24-22(26)23-14-19-7-9-20(10-8-19)25-12-4-5-17(2)15-25/h6-11,13,17H,4-5,12,14-15H2,1-3H3,(H2,23,24,26)/t17-/m1/s1. The maximum absolute atomic E-state index is 5.44. The summed E-state index contributed by atoms with van der Waals surface area (Å²) in [4.78, 5) is 2.50. The lowest BCUT2D eigenvalue weighted by Crippen LogP contribution is -2.34. The van der Waals surface area contributed by atoms with Gasteiger partial charge in [0.05, 0.1) is 0 Å². The second-order valence-corrected chi connectivity index (χ2v) is 7.89. The number of hydrogen-bond acceptors (Lipinski definition) is 2. The van der Waals surface area contributed by atoms with E-state index in [4.69, 9.17) is 12.2 Å². The van der Waals surface area contributed by atoms with E-state index in [-0.39, 0.29) is 0 Å². The predicted octanol–water partition coefficient (Wildman–Crippen LogP) is 5.03. The van der Waals surface area contributed by atoms with Gasteiger partial charge < -0.3 is 15.5 Å². The van der Waals surface area contributed by atoms with Crippen molar-refractivity contribution in [3.05, 3.63) is 59.2 Å². The lowest BCUT2D eigenvalue weighted by molar-refractivity contribution is 0.447. The fourth-order valence-corrected chi connectivity index (χ4v) is 3.73. The maximum Gasteiger partial charge on any atom is 0.171 e. The molecule has 2 N–H and O–H groups in total. The molecule has 2 aromatic carbocycles. The Morgan fingerprint density at radius 3 is 2.62 bits per heavy atom. The molecule has 0 bridgehead atoms. The van der Waals surface area contributed by atoms with Gasteiger partial charge in [-0.1, -0.05) is 36.8 Å². The largest absolute Gasteiger partial charge is 0.371 e. The van der Waals surface area contributed by atoms with E-state index in [0.717, 1.165) is 18.2 Å². The number of nitrogens with zero attached hydrogens (tertiary/aromatic N) is 1. The van der Waals surface area contributed by atoms with Crippen molar-refractivity contribution < 1.29 is 0 Å². The third-order valence-corrected chi connectivity index (χ3v) is 5.29. The number of thiocarbonyl (C=S) groups is 1. The molecule has 0 radical (unpaired) electrons. The molecule has 1 saturated heterocycles. The van der Waals surface area contributed by atoms with Crippen molar-refractivity contribution in [1.82, 2.24) is 5.32 Å². The Balaban J connectivity index is 1.52. The molecule has 0 saturated carbocycles. The van der Waals surface area contributed by atoms with Crippen LogP contribution in [0.1, 0.15) is 36.5 Å². The van der Waals surface area contributed by atoms with Gasteiger partial charge in [-0.05, 0) is 74.2 Å². The monoisotopic (exact) mass is 367 g/mol. The van der Waals surface area contributed by atoms with E-state index < -0.39 is 0 Å². The zero-order chi connectivity index (χ0) is 18.5. The number of aryl methyl sites for hydroxylation is 2. The van der Waals surface area contributed by atoms with Gasteiger partial charge in [-0.15, -0.1) is 0 Å². The van der Waals surface area contributed by atoms with Crippen LogP contribution in [-0.4, -0.2) is 18.2 Å². The Hall–Kier alpha value is -2.07. The second-order valence-electron chi connectivity index (χ2n) is 7.49. The molecule has 0 unspecified atom stereocenters. The van der Waals surface area contributed by atoms with E-state index in [9.17, 15) is 0 Å². The Labute approximate surface area is 162 Å². The highest BCUT2D eigenvalue weighted by molar-refractivity contribution is 7.80. The molecule has 1 aliphatic heterocycles. The zero-order valence-corrected chi connectivity index (χ0v) is 16.8. The summed E-state index contributed by atoms with van der Waals surface area (Å²) >= 11 is 5.44. The molecule has 4 heteroatoms. The van der Waals surface area contributed by atoms with Crippen LogP contribution in [0, 0.1) is 19.8 Å². The minimum absolute atomic E-state index is 0.658. The quantitative estimate of drug-likeness (QED) is 0.742. The summed E-state index contributed by atoms with van der Waals surface area (Å²) in [6.45, 7) is 9.61. The van der Waals surface area contributed by atoms with Gasteiger partial charge in [-0.25, -0.2) is 0 Å². The first-order chi connectivity index (χ1) is 12.5. The summed E-state index contributed by atoms with van der Waals surface area (Å²) < 4.78 is 0. The molecule has 0 amide bonds. The molecule has 3 rings (SSSR count). The van der Waals surface area contributed by atoms with E-state index in [1.807, 2.05) is 0 Å². The van der Waals surface area contributed by atoms with Crippen LogP contribution < -0.4 is 15.5 Å². The van der Waals surface area contributed by atoms with Gasteiger partial charge in [-0.2, -0.15) is 0 Å². The number of rotatable bonds is 4. The average Bonchev–Trinajstić information content (AvgIpc) is 2.63. The average molecular weight is 368 g/mol. The van der Waals surface area contributed by atoms with Gasteiger partial charge >= 0.3 is 0 Å². The zero-order valence-electron chi connectivity index (χ0n) is 16.0. The van der Waals surface area contributed by atoms with E-state index in [1.54, 1.807) is 0 Å². The van der Waals surface area contributed by atoms with E-state index >= 15 is 0 Å². The van der Waals surface area contributed by atoms with Crippen LogP contribution in [0.2, 0.25) is 0 Å². The lowest BCUT2D eigenvalue weighted by atomic mass is 9.99. The van der Waals surface area contributed by atoms with Crippen LogP contribution in [0.3, 0.4) is 0 Å². The van der Waals surface area contributed by atoms with Crippen molar-refractivity contribution in [2.24, 2.45) is 5.92 Å². The Morgan fingerprint density at radius 2 is 1.92 bits per heavy atom. The fraction of sp³-hybridized carbons (Fsp3) is 0.409. The first-order valence-corrected chi connectivity index (χ1v) is 9.88. The predicted molar refractivity (Wildman–Crippen MR) is 116 cm³/mol. The third-order valence-electron chi connectivity index (χ3n) is 5.04. The van der Waals surface area contributed by atoms with Gasteiger partial charge in [0.25, 0.3) is 0 Å². The van der Waals surface area contributed by atoms with Crippen LogP contribution in [0.15, 0.2) is 42.5 Å².